The summed E-state index contributed by atoms with van der Waals surface area (Å²) in [4.78, 5) is 31.0. The van der Waals surface area contributed by atoms with Gasteiger partial charge >= 0.3 is 0 Å². The molecular weight excluding hydrogens is 466 g/mol. The predicted molar refractivity (Wildman–Crippen MR) is 134 cm³/mol. The molecule has 9 heteroatoms. The van der Waals surface area contributed by atoms with E-state index in [1.54, 1.807) is 67.2 Å². The molecule has 0 aliphatic carbocycles. The summed E-state index contributed by atoms with van der Waals surface area (Å²) < 4.78 is 8.67. The van der Waals surface area contributed by atoms with Crippen molar-refractivity contribution in [1.29, 1.82) is 0 Å². The van der Waals surface area contributed by atoms with Gasteiger partial charge in [0.1, 0.15) is 5.69 Å². The fraction of sp³-hybridized carbons (Fsp3) is 0.0769. The van der Waals surface area contributed by atoms with Gasteiger partial charge in [0, 0.05) is 17.6 Å². The summed E-state index contributed by atoms with van der Waals surface area (Å²) in [5.74, 6) is 0.0987. The second-order valence-corrected chi connectivity index (χ2v) is 8.30. The molecule has 8 nitrogen and oxygen atoms in total. The molecule has 5 aromatic rings. The van der Waals surface area contributed by atoms with Gasteiger partial charge in [-0.2, -0.15) is 4.98 Å². The van der Waals surface area contributed by atoms with Crippen LogP contribution in [-0.2, 0) is 7.05 Å². The van der Waals surface area contributed by atoms with Crippen LogP contribution in [0, 0.1) is 6.92 Å². The zero-order valence-corrected chi connectivity index (χ0v) is 19.7. The van der Waals surface area contributed by atoms with Gasteiger partial charge in [0.15, 0.2) is 0 Å². The molecule has 3 aromatic carbocycles. The highest BCUT2D eigenvalue weighted by Crippen LogP contribution is 2.27. The van der Waals surface area contributed by atoms with E-state index in [1.807, 2.05) is 30.3 Å². The number of para-hydroxylation sites is 1. The van der Waals surface area contributed by atoms with Crippen LogP contribution in [0.5, 0.6) is 0 Å². The number of carbonyl (C=O) groups excluding carboxylic acids is 1. The number of halogens is 1. The first-order valence-electron chi connectivity index (χ1n) is 10.8. The molecule has 0 unspecified atom stereocenters. The lowest BCUT2D eigenvalue weighted by molar-refractivity contribution is 0.102. The number of amides is 1. The summed E-state index contributed by atoms with van der Waals surface area (Å²) in [5, 5.41) is 7.42. The molecule has 174 valence electrons. The molecule has 35 heavy (non-hydrogen) atoms. The van der Waals surface area contributed by atoms with E-state index in [0.717, 1.165) is 5.56 Å². The van der Waals surface area contributed by atoms with Crippen LogP contribution in [0.15, 0.2) is 88.2 Å². The summed E-state index contributed by atoms with van der Waals surface area (Å²) >= 11 is 5.96. The highest BCUT2D eigenvalue weighted by atomic mass is 35.5. The molecule has 1 N–H and O–H groups in total. The number of benzene rings is 3. The molecule has 0 saturated carbocycles. The molecule has 0 bridgehead atoms. The van der Waals surface area contributed by atoms with Gasteiger partial charge in [0.05, 0.1) is 22.5 Å². The van der Waals surface area contributed by atoms with Gasteiger partial charge in [-0.25, -0.2) is 4.68 Å². The molecule has 2 aromatic heterocycles. The molecule has 0 radical (unpaired) electrons. The summed E-state index contributed by atoms with van der Waals surface area (Å²) in [6, 6.07) is 23.1. The van der Waals surface area contributed by atoms with E-state index in [0.29, 0.717) is 33.4 Å². The number of anilines is 1. The van der Waals surface area contributed by atoms with Crippen molar-refractivity contribution in [2.75, 3.05) is 5.32 Å². The van der Waals surface area contributed by atoms with Crippen molar-refractivity contribution in [3.63, 3.8) is 0 Å². The van der Waals surface area contributed by atoms with Crippen LogP contribution in [0.25, 0.3) is 28.5 Å². The second kappa shape index (κ2) is 9.08. The number of rotatable bonds is 5. The standard InChI is InChI=1S/C26H20ClN5O3/c1-16-22(26(34)32(31(16)2)19-8-4-3-5-9-19)28-24(33)20-10-6-7-11-21(20)25-29-23(30-35-25)17-12-14-18(27)15-13-17/h3-15H,1-2H3,(H,28,33). The Morgan fingerprint density at radius 3 is 2.40 bits per heavy atom. The van der Waals surface area contributed by atoms with Crippen molar-refractivity contribution in [2.24, 2.45) is 7.05 Å². The van der Waals surface area contributed by atoms with Crippen molar-refractivity contribution in [3.05, 3.63) is 105 Å². The summed E-state index contributed by atoms with van der Waals surface area (Å²) in [7, 11) is 1.77. The average molecular weight is 486 g/mol. The molecule has 0 fully saturated rings. The van der Waals surface area contributed by atoms with Crippen molar-refractivity contribution in [2.45, 2.75) is 6.92 Å². The van der Waals surface area contributed by atoms with Crippen molar-refractivity contribution in [3.8, 4) is 28.5 Å². The highest BCUT2D eigenvalue weighted by molar-refractivity contribution is 6.30. The van der Waals surface area contributed by atoms with Crippen molar-refractivity contribution in [1.82, 2.24) is 19.5 Å². The Bertz CT molecular complexity index is 1580. The van der Waals surface area contributed by atoms with Crippen molar-refractivity contribution < 1.29 is 9.32 Å². The molecular formula is C26H20ClN5O3. The largest absolute Gasteiger partial charge is 0.334 e. The Morgan fingerprint density at radius 1 is 0.971 bits per heavy atom. The normalized spacial score (nSPS) is 10.9. The van der Waals surface area contributed by atoms with Gasteiger partial charge in [-0.05, 0) is 55.5 Å². The van der Waals surface area contributed by atoms with Gasteiger partial charge < -0.3 is 9.84 Å². The van der Waals surface area contributed by atoms with Crippen molar-refractivity contribution >= 4 is 23.2 Å². The predicted octanol–water partition coefficient (Wildman–Crippen LogP) is 5.11. The van der Waals surface area contributed by atoms with Gasteiger partial charge in [0.2, 0.25) is 5.82 Å². The molecule has 0 spiro atoms. The topological polar surface area (TPSA) is 95.0 Å². The van der Waals surface area contributed by atoms with E-state index in [-0.39, 0.29) is 17.1 Å². The Hall–Kier alpha value is -4.43. The summed E-state index contributed by atoms with van der Waals surface area (Å²) in [6.07, 6.45) is 0. The maximum atomic E-state index is 13.3. The minimum absolute atomic E-state index is 0.187. The first-order valence-corrected chi connectivity index (χ1v) is 11.2. The fourth-order valence-electron chi connectivity index (χ4n) is 3.81. The third kappa shape index (κ3) is 4.15. The third-order valence-electron chi connectivity index (χ3n) is 5.72. The Morgan fingerprint density at radius 2 is 1.66 bits per heavy atom. The zero-order valence-electron chi connectivity index (χ0n) is 18.9. The van der Waals surface area contributed by atoms with Crippen LogP contribution in [-0.4, -0.2) is 25.4 Å². The number of hydrogen-bond donors (Lipinski definition) is 1. The number of carbonyl (C=O) groups is 1. The van der Waals surface area contributed by atoms with E-state index in [2.05, 4.69) is 15.5 Å². The van der Waals surface area contributed by atoms with E-state index >= 15 is 0 Å². The lowest BCUT2D eigenvalue weighted by atomic mass is 10.1. The first kappa shape index (κ1) is 22.4. The maximum absolute atomic E-state index is 13.3. The maximum Gasteiger partial charge on any atom is 0.295 e. The third-order valence-corrected chi connectivity index (χ3v) is 5.98. The summed E-state index contributed by atoms with van der Waals surface area (Å²) in [6.45, 7) is 1.78. The van der Waals surface area contributed by atoms with E-state index in [9.17, 15) is 9.59 Å². The Balaban J connectivity index is 1.48. The van der Waals surface area contributed by atoms with Crippen LogP contribution in [0.2, 0.25) is 5.02 Å². The SMILES string of the molecule is Cc1c(NC(=O)c2ccccc2-c2nc(-c3ccc(Cl)cc3)no2)c(=O)n(-c2ccccc2)n1C. The molecule has 1 amide bonds. The van der Waals surface area contributed by atoms with Crippen LogP contribution in [0.1, 0.15) is 16.1 Å². The smallest absolute Gasteiger partial charge is 0.295 e. The Labute approximate surface area is 205 Å². The average Bonchev–Trinajstić information content (AvgIpc) is 3.45. The first-order chi connectivity index (χ1) is 16.9. The van der Waals surface area contributed by atoms with Crippen LogP contribution in [0.4, 0.5) is 5.69 Å². The number of nitrogens with zero attached hydrogens (tertiary/aromatic N) is 4. The number of aromatic nitrogens is 4. The molecule has 0 aliphatic rings. The van der Waals surface area contributed by atoms with E-state index in [4.69, 9.17) is 16.1 Å². The van der Waals surface area contributed by atoms with Crippen LogP contribution >= 0.6 is 11.6 Å². The number of nitrogens with one attached hydrogen (secondary N) is 1. The molecule has 0 saturated heterocycles. The molecule has 5 rings (SSSR count). The van der Waals surface area contributed by atoms with E-state index in [1.165, 1.54) is 4.68 Å². The lowest BCUT2D eigenvalue weighted by Crippen LogP contribution is -2.23. The monoisotopic (exact) mass is 485 g/mol. The molecule has 0 atom stereocenters. The molecule has 0 aliphatic heterocycles. The quantitative estimate of drug-likeness (QED) is 0.373. The van der Waals surface area contributed by atoms with Crippen LogP contribution < -0.4 is 10.9 Å². The minimum Gasteiger partial charge on any atom is -0.334 e. The van der Waals surface area contributed by atoms with Gasteiger partial charge in [-0.1, -0.05) is 47.1 Å². The van der Waals surface area contributed by atoms with Gasteiger partial charge in [-0.3, -0.25) is 14.3 Å². The minimum atomic E-state index is -0.460. The lowest BCUT2D eigenvalue weighted by Gasteiger charge is -2.07. The van der Waals surface area contributed by atoms with E-state index < -0.39 is 5.91 Å². The zero-order chi connectivity index (χ0) is 24.5. The molecule has 2 heterocycles. The van der Waals surface area contributed by atoms with Gasteiger partial charge in [0.25, 0.3) is 17.4 Å². The Kier molecular flexibility index (Phi) is 5.80. The number of hydrogen-bond acceptors (Lipinski definition) is 5. The van der Waals surface area contributed by atoms with Crippen LogP contribution in [0.3, 0.4) is 0 Å². The summed E-state index contributed by atoms with van der Waals surface area (Å²) in [5.41, 5.74) is 2.67. The fourth-order valence-corrected chi connectivity index (χ4v) is 3.94. The second-order valence-electron chi connectivity index (χ2n) is 7.87. The van der Waals surface area contributed by atoms with Gasteiger partial charge in [-0.15, -0.1) is 0 Å². The highest BCUT2D eigenvalue weighted by Gasteiger charge is 2.22.